The van der Waals surface area contributed by atoms with Gasteiger partial charge in [0.2, 0.25) is 0 Å². The molecule has 0 saturated heterocycles. The van der Waals surface area contributed by atoms with Gasteiger partial charge < -0.3 is 5.32 Å². The van der Waals surface area contributed by atoms with Crippen LogP contribution >= 0.6 is 11.6 Å². The van der Waals surface area contributed by atoms with Gasteiger partial charge in [0.1, 0.15) is 0 Å². The van der Waals surface area contributed by atoms with E-state index in [1.165, 1.54) is 16.3 Å². The molecule has 3 aromatic carbocycles. The van der Waals surface area contributed by atoms with Crippen molar-refractivity contribution in [2.24, 2.45) is 0 Å². The van der Waals surface area contributed by atoms with E-state index in [0.29, 0.717) is 0 Å². The Kier molecular flexibility index (Phi) is 3.39. The number of benzene rings is 3. The van der Waals surface area contributed by atoms with E-state index in [1.807, 2.05) is 24.3 Å². The van der Waals surface area contributed by atoms with Crippen molar-refractivity contribution in [2.45, 2.75) is 6.54 Å². The zero-order valence-electron chi connectivity index (χ0n) is 10.4. The number of halogens is 1. The lowest BCUT2D eigenvalue weighted by Crippen LogP contribution is -1.98. The van der Waals surface area contributed by atoms with Gasteiger partial charge in [0.15, 0.2) is 0 Å². The maximum atomic E-state index is 5.96. The number of hydrogen-bond acceptors (Lipinski definition) is 1. The molecule has 0 atom stereocenters. The SMILES string of the molecule is Clc1cccc(NCc2ccc3ccccc3c2)c1. The van der Waals surface area contributed by atoms with E-state index in [9.17, 15) is 0 Å². The molecule has 0 aliphatic carbocycles. The lowest BCUT2D eigenvalue weighted by molar-refractivity contribution is 1.16. The van der Waals surface area contributed by atoms with Crippen molar-refractivity contribution in [1.82, 2.24) is 0 Å². The Bertz CT molecular complexity index is 706. The van der Waals surface area contributed by atoms with Crippen LogP contribution in [0, 0.1) is 0 Å². The molecule has 94 valence electrons. The molecule has 0 fully saturated rings. The first-order chi connectivity index (χ1) is 9.31. The highest BCUT2D eigenvalue weighted by Gasteiger charge is 1.97. The molecule has 0 unspecified atom stereocenters. The van der Waals surface area contributed by atoms with Gasteiger partial charge in [0, 0.05) is 17.3 Å². The van der Waals surface area contributed by atoms with Crippen LogP contribution in [0.5, 0.6) is 0 Å². The fraction of sp³-hybridized carbons (Fsp3) is 0.0588. The largest absolute Gasteiger partial charge is 0.381 e. The Morgan fingerprint density at radius 1 is 0.789 bits per heavy atom. The molecule has 0 saturated carbocycles. The van der Waals surface area contributed by atoms with Crippen molar-refractivity contribution in [3.63, 3.8) is 0 Å². The summed E-state index contributed by atoms with van der Waals surface area (Å²) in [4.78, 5) is 0. The maximum absolute atomic E-state index is 5.96. The molecule has 3 rings (SSSR count). The highest BCUT2D eigenvalue weighted by molar-refractivity contribution is 6.30. The van der Waals surface area contributed by atoms with Crippen molar-refractivity contribution in [3.05, 3.63) is 77.3 Å². The van der Waals surface area contributed by atoms with E-state index in [0.717, 1.165) is 17.3 Å². The van der Waals surface area contributed by atoms with Gasteiger partial charge in [-0.15, -0.1) is 0 Å². The topological polar surface area (TPSA) is 12.0 Å². The van der Waals surface area contributed by atoms with E-state index in [1.54, 1.807) is 0 Å². The van der Waals surface area contributed by atoms with E-state index in [2.05, 4.69) is 47.8 Å². The van der Waals surface area contributed by atoms with Crippen LogP contribution in [0.4, 0.5) is 5.69 Å². The van der Waals surface area contributed by atoms with Gasteiger partial charge in [-0.2, -0.15) is 0 Å². The summed E-state index contributed by atoms with van der Waals surface area (Å²) in [5.74, 6) is 0. The predicted octanol–water partition coefficient (Wildman–Crippen LogP) is 5.11. The molecule has 2 heteroatoms. The fourth-order valence-electron chi connectivity index (χ4n) is 2.15. The summed E-state index contributed by atoms with van der Waals surface area (Å²) in [6.07, 6.45) is 0. The molecule has 3 aromatic rings. The van der Waals surface area contributed by atoms with Gasteiger partial charge in [-0.3, -0.25) is 0 Å². The van der Waals surface area contributed by atoms with Crippen LogP contribution in [-0.4, -0.2) is 0 Å². The summed E-state index contributed by atoms with van der Waals surface area (Å²) >= 11 is 5.96. The number of hydrogen-bond donors (Lipinski definition) is 1. The molecule has 0 bridgehead atoms. The third-order valence-corrected chi connectivity index (χ3v) is 3.37. The Morgan fingerprint density at radius 3 is 2.47 bits per heavy atom. The molecular weight excluding hydrogens is 254 g/mol. The average molecular weight is 268 g/mol. The third kappa shape index (κ3) is 2.88. The van der Waals surface area contributed by atoms with Crippen molar-refractivity contribution < 1.29 is 0 Å². The highest BCUT2D eigenvalue weighted by Crippen LogP contribution is 2.18. The summed E-state index contributed by atoms with van der Waals surface area (Å²) in [7, 11) is 0. The monoisotopic (exact) mass is 267 g/mol. The smallest absolute Gasteiger partial charge is 0.0426 e. The van der Waals surface area contributed by atoms with E-state index in [-0.39, 0.29) is 0 Å². The zero-order chi connectivity index (χ0) is 13.1. The molecule has 0 aromatic heterocycles. The summed E-state index contributed by atoms with van der Waals surface area (Å²) in [6, 6.07) is 22.7. The number of fused-ring (bicyclic) bond motifs is 1. The van der Waals surface area contributed by atoms with Crippen LogP contribution in [0.3, 0.4) is 0 Å². The van der Waals surface area contributed by atoms with Crippen LogP contribution in [0.1, 0.15) is 5.56 Å². The van der Waals surface area contributed by atoms with Gasteiger partial charge in [0.25, 0.3) is 0 Å². The Hall–Kier alpha value is -1.99. The van der Waals surface area contributed by atoms with E-state index < -0.39 is 0 Å². The molecular formula is C17H14ClN. The number of nitrogens with one attached hydrogen (secondary N) is 1. The zero-order valence-corrected chi connectivity index (χ0v) is 11.2. The van der Waals surface area contributed by atoms with E-state index >= 15 is 0 Å². The average Bonchev–Trinajstić information content (AvgIpc) is 2.45. The van der Waals surface area contributed by atoms with Gasteiger partial charge in [-0.05, 0) is 40.6 Å². The molecule has 0 aliphatic heterocycles. The second kappa shape index (κ2) is 5.33. The quantitative estimate of drug-likeness (QED) is 0.696. The molecule has 0 aliphatic rings. The Morgan fingerprint density at radius 2 is 1.63 bits per heavy atom. The lowest BCUT2D eigenvalue weighted by atomic mass is 10.1. The summed E-state index contributed by atoms with van der Waals surface area (Å²) < 4.78 is 0. The van der Waals surface area contributed by atoms with Gasteiger partial charge >= 0.3 is 0 Å². The van der Waals surface area contributed by atoms with E-state index in [4.69, 9.17) is 11.6 Å². The number of anilines is 1. The fourth-order valence-corrected chi connectivity index (χ4v) is 2.34. The molecule has 0 spiro atoms. The summed E-state index contributed by atoms with van der Waals surface area (Å²) in [5, 5.41) is 6.68. The minimum Gasteiger partial charge on any atom is -0.381 e. The standard InChI is InChI=1S/C17H14ClN/c18-16-6-3-7-17(11-16)19-12-13-8-9-14-4-1-2-5-15(14)10-13/h1-11,19H,12H2. The van der Waals surface area contributed by atoms with Gasteiger partial charge in [0.05, 0.1) is 0 Å². The van der Waals surface area contributed by atoms with Crippen LogP contribution in [0.15, 0.2) is 66.7 Å². The first kappa shape index (κ1) is 12.1. The van der Waals surface area contributed by atoms with Crippen LogP contribution in [0.25, 0.3) is 10.8 Å². The van der Waals surface area contributed by atoms with Crippen molar-refractivity contribution >= 4 is 28.1 Å². The first-order valence-electron chi connectivity index (χ1n) is 6.28. The second-order valence-corrected chi connectivity index (χ2v) is 4.98. The summed E-state index contributed by atoms with van der Waals surface area (Å²) in [6.45, 7) is 0.797. The minimum absolute atomic E-state index is 0.753. The van der Waals surface area contributed by atoms with Crippen molar-refractivity contribution in [2.75, 3.05) is 5.32 Å². The lowest BCUT2D eigenvalue weighted by Gasteiger charge is -2.08. The highest BCUT2D eigenvalue weighted by atomic mass is 35.5. The third-order valence-electron chi connectivity index (χ3n) is 3.14. The molecule has 0 amide bonds. The Balaban J connectivity index is 1.78. The molecule has 0 heterocycles. The second-order valence-electron chi connectivity index (χ2n) is 4.55. The van der Waals surface area contributed by atoms with Crippen LogP contribution in [-0.2, 0) is 6.54 Å². The normalized spacial score (nSPS) is 10.6. The molecule has 1 nitrogen and oxygen atoms in total. The number of rotatable bonds is 3. The van der Waals surface area contributed by atoms with Crippen molar-refractivity contribution in [3.8, 4) is 0 Å². The Labute approximate surface area is 117 Å². The summed E-state index contributed by atoms with van der Waals surface area (Å²) in [5.41, 5.74) is 2.30. The van der Waals surface area contributed by atoms with Crippen LogP contribution in [0.2, 0.25) is 5.02 Å². The maximum Gasteiger partial charge on any atom is 0.0426 e. The molecule has 0 radical (unpaired) electrons. The molecule has 1 N–H and O–H groups in total. The van der Waals surface area contributed by atoms with Gasteiger partial charge in [-0.25, -0.2) is 0 Å². The predicted molar refractivity (Wildman–Crippen MR) is 82.7 cm³/mol. The van der Waals surface area contributed by atoms with Crippen LogP contribution < -0.4 is 5.32 Å². The first-order valence-corrected chi connectivity index (χ1v) is 6.66. The van der Waals surface area contributed by atoms with Crippen molar-refractivity contribution in [1.29, 1.82) is 0 Å². The molecule has 19 heavy (non-hydrogen) atoms. The minimum atomic E-state index is 0.753. The van der Waals surface area contributed by atoms with Gasteiger partial charge in [-0.1, -0.05) is 54.1 Å².